The van der Waals surface area contributed by atoms with E-state index < -0.39 is 0 Å². The van der Waals surface area contributed by atoms with E-state index in [-0.39, 0.29) is 5.97 Å². The van der Waals surface area contributed by atoms with Gasteiger partial charge in [0.25, 0.3) is 0 Å². The van der Waals surface area contributed by atoms with Crippen molar-refractivity contribution >= 4 is 17.3 Å². The first-order valence-electron chi connectivity index (χ1n) is 10.8. The van der Waals surface area contributed by atoms with E-state index in [0.29, 0.717) is 11.5 Å². The summed E-state index contributed by atoms with van der Waals surface area (Å²) in [5.41, 5.74) is 6.63. The number of nitrogens with zero attached hydrogens (tertiary/aromatic N) is 2. The maximum Gasteiger partial charge on any atom is 0.340 e. The number of pyridine rings is 1. The number of nitrogens with one attached hydrogen (secondary N) is 1. The van der Waals surface area contributed by atoms with Gasteiger partial charge in [-0.05, 0) is 54.2 Å². The van der Waals surface area contributed by atoms with Crippen LogP contribution in [0.1, 0.15) is 45.8 Å². The van der Waals surface area contributed by atoms with Crippen LogP contribution >= 0.6 is 0 Å². The van der Waals surface area contributed by atoms with Crippen molar-refractivity contribution in [3.05, 3.63) is 89.2 Å². The van der Waals surface area contributed by atoms with Crippen molar-refractivity contribution in [2.75, 3.05) is 30.9 Å². The average Bonchev–Trinajstić information content (AvgIpc) is 2.82. The van der Waals surface area contributed by atoms with Gasteiger partial charge < -0.3 is 15.0 Å². The fourth-order valence-corrected chi connectivity index (χ4v) is 4.36. The summed E-state index contributed by atoms with van der Waals surface area (Å²) in [6.45, 7) is 1.66. The lowest BCUT2D eigenvalue weighted by molar-refractivity contribution is 0.0601. The summed E-state index contributed by atoms with van der Waals surface area (Å²) in [5, 5.41) is 3.44. The van der Waals surface area contributed by atoms with Gasteiger partial charge in [0.2, 0.25) is 0 Å². The molecule has 0 radical (unpaired) electrons. The molecule has 1 aliphatic rings. The minimum absolute atomic E-state index is 0.347. The number of fused-ring (bicyclic) bond motifs is 1. The molecule has 31 heavy (non-hydrogen) atoms. The van der Waals surface area contributed by atoms with Gasteiger partial charge >= 0.3 is 5.97 Å². The van der Waals surface area contributed by atoms with Crippen molar-refractivity contribution in [3.8, 4) is 0 Å². The Balaban J connectivity index is 1.47. The average molecular weight is 416 g/mol. The van der Waals surface area contributed by atoms with Crippen molar-refractivity contribution < 1.29 is 9.53 Å². The summed E-state index contributed by atoms with van der Waals surface area (Å²) in [7, 11) is 3.55. The lowest BCUT2D eigenvalue weighted by Crippen LogP contribution is -2.21. The number of aromatic nitrogens is 1. The number of ether oxygens (including phenoxy) is 1. The lowest BCUT2D eigenvalue weighted by Gasteiger charge is -2.28. The molecule has 1 aromatic heterocycles. The second-order valence-corrected chi connectivity index (χ2v) is 8.11. The zero-order valence-corrected chi connectivity index (χ0v) is 18.2. The third kappa shape index (κ3) is 4.88. The Hall–Kier alpha value is -3.34. The van der Waals surface area contributed by atoms with Gasteiger partial charge in [-0.25, -0.2) is 4.79 Å². The highest BCUT2D eigenvalue weighted by Gasteiger charge is 2.22. The van der Waals surface area contributed by atoms with Gasteiger partial charge in [0, 0.05) is 37.9 Å². The van der Waals surface area contributed by atoms with E-state index >= 15 is 0 Å². The summed E-state index contributed by atoms with van der Waals surface area (Å²) < 4.78 is 4.89. The predicted octanol–water partition coefficient (Wildman–Crippen LogP) is 5.04. The first kappa shape index (κ1) is 20.9. The van der Waals surface area contributed by atoms with Gasteiger partial charge in [0.15, 0.2) is 0 Å². The summed E-state index contributed by atoms with van der Waals surface area (Å²) in [6, 6.07) is 19.1. The number of carbonyl (C=O) groups is 1. The van der Waals surface area contributed by atoms with E-state index in [9.17, 15) is 4.79 Å². The predicted molar refractivity (Wildman–Crippen MR) is 125 cm³/mol. The van der Waals surface area contributed by atoms with E-state index in [1.54, 1.807) is 18.5 Å². The minimum Gasteiger partial charge on any atom is -0.465 e. The molecule has 1 N–H and O–H groups in total. The first-order valence-corrected chi connectivity index (χ1v) is 10.8. The van der Waals surface area contributed by atoms with Gasteiger partial charge in [-0.15, -0.1) is 0 Å². The molecule has 5 nitrogen and oxygen atoms in total. The molecule has 0 amide bonds. The molecule has 2 aromatic carbocycles. The van der Waals surface area contributed by atoms with Gasteiger partial charge in [-0.2, -0.15) is 0 Å². The Morgan fingerprint density at radius 3 is 2.84 bits per heavy atom. The van der Waals surface area contributed by atoms with Crippen molar-refractivity contribution in [1.82, 2.24) is 4.98 Å². The number of esters is 1. The molecule has 160 valence electrons. The number of anilines is 2. The molecule has 0 bridgehead atoms. The molecule has 1 atom stereocenters. The fourth-order valence-electron chi connectivity index (χ4n) is 4.36. The van der Waals surface area contributed by atoms with Crippen LogP contribution in [0.4, 0.5) is 11.4 Å². The van der Waals surface area contributed by atoms with E-state index in [0.717, 1.165) is 31.6 Å². The molecule has 1 aliphatic carbocycles. The van der Waals surface area contributed by atoms with E-state index in [1.807, 2.05) is 0 Å². The molecule has 0 unspecified atom stereocenters. The standard InChI is InChI=1S/C26H29N3O2/c1-29(18-19-7-4-3-5-8-19)22-11-12-23-20(15-22)9-6-10-21(23)16-28-25-17-27-14-13-24(25)26(30)31-2/h3-5,7-8,11-15,17,21,28H,6,9-10,16,18H2,1-2H3/t21-/m0/s1. The Morgan fingerprint density at radius 1 is 1.19 bits per heavy atom. The molecule has 5 heteroatoms. The highest BCUT2D eigenvalue weighted by Crippen LogP contribution is 2.34. The number of carbonyl (C=O) groups excluding carboxylic acids is 1. The number of aryl methyl sites for hydroxylation is 1. The Bertz CT molecular complexity index is 1040. The molecule has 1 heterocycles. The fraction of sp³-hybridized carbons (Fsp3) is 0.308. The van der Waals surface area contributed by atoms with Gasteiger partial charge in [-0.1, -0.05) is 36.4 Å². The van der Waals surface area contributed by atoms with Crippen molar-refractivity contribution in [1.29, 1.82) is 0 Å². The normalized spacial score (nSPS) is 15.1. The zero-order chi connectivity index (χ0) is 21.6. The maximum absolute atomic E-state index is 12.0. The molecule has 0 saturated heterocycles. The van der Waals surface area contributed by atoms with Crippen LogP contribution in [0.15, 0.2) is 67.0 Å². The van der Waals surface area contributed by atoms with Crippen molar-refractivity contribution in [3.63, 3.8) is 0 Å². The van der Waals surface area contributed by atoms with E-state index in [4.69, 9.17) is 4.74 Å². The summed E-state index contributed by atoms with van der Waals surface area (Å²) >= 11 is 0. The van der Waals surface area contributed by atoms with Crippen LogP contribution in [0.5, 0.6) is 0 Å². The highest BCUT2D eigenvalue weighted by atomic mass is 16.5. The first-order chi connectivity index (χ1) is 15.2. The molecule has 4 rings (SSSR count). The summed E-state index contributed by atoms with van der Waals surface area (Å²) in [6.07, 6.45) is 6.72. The molecule has 0 fully saturated rings. The van der Waals surface area contributed by atoms with Crippen molar-refractivity contribution in [2.24, 2.45) is 0 Å². The van der Waals surface area contributed by atoms with Crippen LogP contribution in [0.25, 0.3) is 0 Å². The van der Waals surface area contributed by atoms with Crippen LogP contribution in [0, 0.1) is 0 Å². The smallest absolute Gasteiger partial charge is 0.340 e. The third-order valence-corrected chi connectivity index (χ3v) is 6.03. The maximum atomic E-state index is 12.0. The molecule has 0 saturated carbocycles. The molecular weight excluding hydrogens is 386 g/mol. The van der Waals surface area contributed by atoms with Gasteiger partial charge in [0.1, 0.15) is 0 Å². The monoisotopic (exact) mass is 415 g/mol. The number of methoxy groups -OCH3 is 1. The number of hydrogen-bond acceptors (Lipinski definition) is 5. The zero-order valence-electron chi connectivity index (χ0n) is 18.2. The van der Waals surface area contributed by atoms with Crippen LogP contribution in [0.3, 0.4) is 0 Å². The Morgan fingerprint density at radius 2 is 2.03 bits per heavy atom. The second kappa shape index (κ2) is 9.65. The van der Waals surface area contributed by atoms with Crippen LogP contribution in [-0.2, 0) is 17.7 Å². The molecule has 0 spiro atoms. The van der Waals surface area contributed by atoms with Crippen molar-refractivity contribution in [2.45, 2.75) is 31.7 Å². The molecule has 3 aromatic rings. The van der Waals surface area contributed by atoms with Crippen LogP contribution in [-0.4, -0.2) is 31.7 Å². The molecular formula is C26H29N3O2. The summed E-state index contributed by atoms with van der Waals surface area (Å²) in [4.78, 5) is 18.5. The topological polar surface area (TPSA) is 54.5 Å². The summed E-state index contributed by atoms with van der Waals surface area (Å²) in [5.74, 6) is 0.0583. The van der Waals surface area contributed by atoms with Crippen LogP contribution in [0.2, 0.25) is 0 Å². The Labute approximate surface area is 184 Å². The highest BCUT2D eigenvalue weighted by molar-refractivity contribution is 5.95. The van der Waals surface area contributed by atoms with E-state index in [1.165, 1.54) is 35.9 Å². The number of benzene rings is 2. The number of rotatable bonds is 7. The lowest BCUT2D eigenvalue weighted by atomic mass is 9.82. The third-order valence-electron chi connectivity index (χ3n) is 6.03. The van der Waals surface area contributed by atoms with E-state index in [2.05, 4.69) is 70.8 Å². The minimum atomic E-state index is -0.347. The SMILES string of the molecule is COC(=O)c1ccncc1NC[C@@H]1CCCc2cc(N(C)Cc3ccccc3)ccc21. The number of hydrogen-bond donors (Lipinski definition) is 1. The molecule has 0 aliphatic heterocycles. The second-order valence-electron chi connectivity index (χ2n) is 8.11. The Kier molecular flexibility index (Phi) is 6.51. The van der Waals surface area contributed by atoms with Crippen LogP contribution < -0.4 is 10.2 Å². The largest absolute Gasteiger partial charge is 0.465 e. The quantitative estimate of drug-likeness (QED) is 0.548. The van der Waals surface area contributed by atoms with Gasteiger partial charge in [-0.3, -0.25) is 4.98 Å². The van der Waals surface area contributed by atoms with Gasteiger partial charge in [0.05, 0.1) is 24.6 Å².